The van der Waals surface area contributed by atoms with Crippen molar-refractivity contribution < 1.29 is 14.2 Å². The maximum absolute atomic E-state index is 5.50. The first-order chi connectivity index (χ1) is 13.7. The minimum atomic E-state index is 0.463. The zero-order chi connectivity index (χ0) is 19.5. The third kappa shape index (κ3) is 3.31. The van der Waals surface area contributed by atoms with Crippen LogP contribution in [0.5, 0.6) is 17.2 Å². The van der Waals surface area contributed by atoms with Gasteiger partial charge in [0.2, 0.25) is 0 Å². The summed E-state index contributed by atoms with van der Waals surface area (Å²) >= 11 is 1.61. The zero-order valence-electron chi connectivity index (χ0n) is 15.7. The van der Waals surface area contributed by atoms with Gasteiger partial charge in [-0.1, -0.05) is 0 Å². The lowest BCUT2D eigenvalue weighted by atomic mass is 10.1. The van der Waals surface area contributed by atoms with Crippen molar-refractivity contribution in [3.63, 3.8) is 0 Å². The number of nitrogens with one attached hydrogen (secondary N) is 1. The van der Waals surface area contributed by atoms with Crippen molar-refractivity contribution in [1.82, 2.24) is 19.8 Å². The Kier molecular flexibility index (Phi) is 4.98. The SMILES string of the molecule is COc1cc(OC)c(CNc2ccc3nnc(-c4ccsc4)n3n2)c(OC)c1. The Labute approximate surface area is 165 Å². The average Bonchev–Trinajstić information content (AvgIpc) is 3.40. The smallest absolute Gasteiger partial charge is 0.186 e. The van der Waals surface area contributed by atoms with E-state index in [2.05, 4.69) is 20.6 Å². The number of hydrogen-bond donors (Lipinski definition) is 1. The van der Waals surface area contributed by atoms with Gasteiger partial charge < -0.3 is 19.5 Å². The van der Waals surface area contributed by atoms with Gasteiger partial charge >= 0.3 is 0 Å². The Morgan fingerprint density at radius 2 is 1.79 bits per heavy atom. The number of methoxy groups -OCH3 is 3. The summed E-state index contributed by atoms with van der Waals surface area (Å²) in [5, 5.41) is 20.4. The first-order valence-corrected chi connectivity index (χ1v) is 9.45. The summed E-state index contributed by atoms with van der Waals surface area (Å²) in [6.45, 7) is 0.463. The van der Waals surface area contributed by atoms with E-state index < -0.39 is 0 Å². The highest BCUT2D eigenvalue weighted by Gasteiger charge is 2.14. The van der Waals surface area contributed by atoms with E-state index in [1.807, 2.05) is 41.1 Å². The predicted molar refractivity (Wildman–Crippen MR) is 108 cm³/mol. The Morgan fingerprint density at radius 1 is 1.00 bits per heavy atom. The third-order valence-corrected chi connectivity index (χ3v) is 4.99. The first kappa shape index (κ1) is 18.1. The van der Waals surface area contributed by atoms with E-state index in [0.29, 0.717) is 41.1 Å². The number of anilines is 1. The molecule has 0 atom stereocenters. The summed E-state index contributed by atoms with van der Waals surface area (Å²) in [7, 11) is 4.84. The second-order valence-electron chi connectivity index (χ2n) is 5.89. The lowest BCUT2D eigenvalue weighted by molar-refractivity contribution is 0.369. The summed E-state index contributed by atoms with van der Waals surface area (Å²) in [4.78, 5) is 0. The monoisotopic (exact) mass is 397 g/mol. The summed E-state index contributed by atoms with van der Waals surface area (Å²) < 4.78 is 18.0. The molecule has 1 N–H and O–H groups in total. The summed E-state index contributed by atoms with van der Waals surface area (Å²) in [5.41, 5.74) is 2.54. The van der Waals surface area contributed by atoms with Gasteiger partial charge in [0.15, 0.2) is 11.5 Å². The van der Waals surface area contributed by atoms with Gasteiger partial charge in [-0.25, -0.2) is 0 Å². The lowest BCUT2D eigenvalue weighted by Gasteiger charge is -2.15. The van der Waals surface area contributed by atoms with E-state index in [4.69, 9.17) is 14.2 Å². The van der Waals surface area contributed by atoms with Gasteiger partial charge in [0.25, 0.3) is 0 Å². The number of aromatic nitrogens is 4. The fourth-order valence-electron chi connectivity index (χ4n) is 2.89. The molecule has 0 aliphatic rings. The topological polar surface area (TPSA) is 82.8 Å². The van der Waals surface area contributed by atoms with E-state index in [1.54, 1.807) is 37.2 Å². The van der Waals surface area contributed by atoms with Gasteiger partial charge in [-0.05, 0) is 23.6 Å². The Morgan fingerprint density at radius 3 is 2.43 bits per heavy atom. The highest BCUT2D eigenvalue weighted by atomic mass is 32.1. The van der Waals surface area contributed by atoms with Crippen molar-refractivity contribution >= 4 is 22.8 Å². The van der Waals surface area contributed by atoms with Crippen molar-refractivity contribution in [3.8, 4) is 28.6 Å². The molecular weight excluding hydrogens is 378 g/mol. The largest absolute Gasteiger partial charge is 0.496 e. The molecule has 3 heterocycles. The van der Waals surface area contributed by atoms with Crippen LogP contribution in [0, 0.1) is 0 Å². The van der Waals surface area contributed by atoms with Crippen LogP contribution in [0.4, 0.5) is 5.82 Å². The second kappa shape index (κ2) is 7.73. The van der Waals surface area contributed by atoms with E-state index in [9.17, 15) is 0 Å². The molecule has 4 rings (SSSR count). The molecule has 0 unspecified atom stereocenters. The molecule has 0 aliphatic carbocycles. The molecule has 144 valence electrons. The average molecular weight is 397 g/mol. The van der Waals surface area contributed by atoms with Crippen LogP contribution in [0.1, 0.15) is 5.56 Å². The van der Waals surface area contributed by atoms with Gasteiger partial charge in [0.1, 0.15) is 23.1 Å². The molecule has 3 aromatic heterocycles. The predicted octanol–water partition coefficient (Wildman–Crippen LogP) is 3.49. The first-order valence-electron chi connectivity index (χ1n) is 8.51. The number of benzene rings is 1. The summed E-state index contributed by atoms with van der Waals surface area (Å²) in [6, 6.07) is 9.38. The standard InChI is InChI=1S/C19H19N5O3S/c1-25-13-8-15(26-2)14(16(9-13)27-3)10-20-17-4-5-18-21-22-19(24(18)23-17)12-6-7-28-11-12/h4-9,11H,10H2,1-3H3,(H,20,23). The molecule has 1 aromatic carbocycles. The number of ether oxygens (including phenoxy) is 3. The van der Waals surface area contributed by atoms with E-state index in [1.165, 1.54) is 0 Å². The normalized spacial score (nSPS) is 10.8. The van der Waals surface area contributed by atoms with Crippen LogP contribution in [0.2, 0.25) is 0 Å². The number of thiophene rings is 1. The molecule has 0 aliphatic heterocycles. The van der Waals surface area contributed by atoms with Crippen LogP contribution in [0.3, 0.4) is 0 Å². The van der Waals surface area contributed by atoms with Crippen LogP contribution in [0.25, 0.3) is 17.0 Å². The van der Waals surface area contributed by atoms with Crippen molar-refractivity contribution in [3.05, 3.63) is 46.7 Å². The Hall–Kier alpha value is -3.33. The maximum Gasteiger partial charge on any atom is 0.186 e. The van der Waals surface area contributed by atoms with Crippen molar-refractivity contribution in [2.45, 2.75) is 6.54 Å². The number of rotatable bonds is 7. The molecule has 0 fully saturated rings. The maximum atomic E-state index is 5.50. The Bertz CT molecular complexity index is 1070. The minimum absolute atomic E-state index is 0.463. The van der Waals surface area contributed by atoms with Crippen LogP contribution in [-0.4, -0.2) is 41.1 Å². The summed E-state index contributed by atoms with van der Waals surface area (Å²) in [6.07, 6.45) is 0. The van der Waals surface area contributed by atoms with E-state index >= 15 is 0 Å². The van der Waals surface area contributed by atoms with Crippen LogP contribution in [-0.2, 0) is 6.54 Å². The quantitative estimate of drug-likeness (QED) is 0.511. The molecule has 9 heteroatoms. The molecule has 4 aromatic rings. The van der Waals surface area contributed by atoms with E-state index in [0.717, 1.165) is 11.1 Å². The molecular formula is C19H19N5O3S. The van der Waals surface area contributed by atoms with Crippen molar-refractivity contribution in [2.75, 3.05) is 26.6 Å². The highest BCUT2D eigenvalue weighted by molar-refractivity contribution is 7.08. The van der Waals surface area contributed by atoms with Crippen LogP contribution < -0.4 is 19.5 Å². The van der Waals surface area contributed by atoms with Gasteiger partial charge in [0, 0.05) is 29.6 Å². The van der Waals surface area contributed by atoms with E-state index in [-0.39, 0.29) is 0 Å². The fourth-order valence-corrected chi connectivity index (χ4v) is 3.52. The Balaban J connectivity index is 1.64. The van der Waals surface area contributed by atoms with Gasteiger partial charge in [-0.15, -0.1) is 15.3 Å². The second-order valence-corrected chi connectivity index (χ2v) is 6.67. The van der Waals surface area contributed by atoms with Gasteiger partial charge in [-0.3, -0.25) is 0 Å². The fraction of sp³-hybridized carbons (Fsp3) is 0.211. The third-order valence-electron chi connectivity index (χ3n) is 4.31. The zero-order valence-corrected chi connectivity index (χ0v) is 16.5. The minimum Gasteiger partial charge on any atom is -0.496 e. The summed E-state index contributed by atoms with van der Waals surface area (Å²) in [5.74, 6) is 3.41. The molecule has 28 heavy (non-hydrogen) atoms. The highest BCUT2D eigenvalue weighted by Crippen LogP contribution is 2.34. The lowest BCUT2D eigenvalue weighted by Crippen LogP contribution is -2.07. The van der Waals surface area contributed by atoms with Crippen molar-refractivity contribution in [2.24, 2.45) is 0 Å². The molecule has 0 saturated carbocycles. The number of hydrogen-bond acceptors (Lipinski definition) is 8. The molecule has 0 saturated heterocycles. The van der Waals surface area contributed by atoms with Crippen molar-refractivity contribution in [1.29, 1.82) is 0 Å². The molecule has 0 spiro atoms. The van der Waals surface area contributed by atoms with Gasteiger partial charge in [0.05, 0.1) is 26.9 Å². The molecule has 8 nitrogen and oxygen atoms in total. The number of nitrogens with zero attached hydrogens (tertiary/aromatic N) is 4. The molecule has 0 radical (unpaired) electrons. The molecule has 0 bridgehead atoms. The molecule has 0 amide bonds. The number of fused-ring (bicyclic) bond motifs is 1. The van der Waals surface area contributed by atoms with Gasteiger partial charge in [-0.2, -0.15) is 15.9 Å². The van der Waals surface area contributed by atoms with Crippen LogP contribution >= 0.6 is 11.3 Å². The van der Waals surface area contributed by atoms with Crippen LogP contribution in [0.15, 0.2) is 41.1 Å².